The highest BCUT2D eigenvalue weighted by Crippen LogP contribution is 2.07. The normalized spacial score (nSPS) is 15.4. The summed E-state index contributed by atoms with van der Waals surface area (Å²) in [7, 11) is 0. The molecule has 1 saturated heterocycles. The molecule has 1 aromatic rings. The van der Waals surface area contributed by atoms with Gasteiger partial charge in [0.1, 0.15) is 12.4 Å². The number of anilines is 1. The molecule has 1 fully saturated rings. The highest BCUT2D eigenvalue weighted by atomic mass is 16.2. The summed E-state index contributed by atoms with van der Waals surface area (Å²) < 4.78 is 0. The van der Waals surface area contributed by atoms with E-state index in [1.54, 1.807) is 12.3 Å². The number of hydrogen-bond acceptors (Lipinski definition) is 3. The van der Waals surface area contributed by atoms with Crippen molar-refractivity contribution < 1.29 is 9.59 Å². The Labute approximate surface area is 99.0 Å². The van der Waals surface area contributed by atoms with Crippen LogP contribution in [-0.4, -0.2) is 41.5 Å². The SMILES string of the molecule is Cc1ccnc(NC(=O)N2CCNC(=O)C2)c1. The van der Waals surface area contributed by atoms with Crippen LogP contribution in [-0.2, 0) is 4.79 Å². The molecule has 2 heterocycles. The van der Waals surface area contributed by atoms with Crippen LogP contribution in [0.4, 0.5) is 10.6 Å². The maximum atomic E-state index is 11.8. The molecule has 0 aromatic carbocycles. The van der Waals surface area contributed by atoms with Gasteiger partial charge in [-0.15, -0.1) is 0 Å². The third kappa shape index (κ3) is 2.93. The van der Waals surface area contributed by atoms with Gasteiger partial charge in [0.25, 0.3) is 0 Å². The molecule has 6 nitrogen and oxygen atoms in total. The topological polar surface area (TPSA) is 74.3 Å². The second-order valence-electron chi connectivity index (χ2n) is 3.92. The predicted octanol–water partition coefficient (Wildman–Crippen LogP) is 0.354. The fourth-order valence-corrected chi connectivity index (χ4v) is 1.61. The van der Waals surface area contributed by atoms with Gasteiger partial charge in [-0.2, -0.15) is 0 Å². The number of aryl methyl sites for hydroxylation is 1. The maximum absolute atomic E-state index is 11.8. The molecule has 1 aromatic heterocycles. The standard InChI is InChI=1S/C11H14N4O2/c1-8-2-3-12-9(6-8)14-11(17)15-5-4-13-10(16)7-15/h2-3,6H,4-5,7H2,1H3,(H,13,16)(H,12,14,17). The quantitative estimate of drug-likeness (QED) is 0.736. The lowest BCUT2D eigenvalue weighted by Gasteiger charge is -2.26. The maximum Gasteiger partial charge on any atom is 0.323 e. The number of carbonyl (C=O) groups is 2. The van der Waals surface area contributed by atoms with E-state index in [9.17, 15) is 9.59 Å². The highest BCUT2D eigenvalue weighted by molar-refractivity contribution is 5.92. The van der Waals surface area contributed by atoms with Crippen LogP contribution >= 0.6 is 0 Å². The van der Waals surface area contributed by atoms with Gasteiger partial charge in [-0.05, 0) is 24.6 Å². The van der Waals surface area contributed by atoms with E-state index in [0.717, 1.165) is 5.56 Å². The number of nitrogens with one attached hydrogen (secondary N) is 2. The average molecular weight is 234 g/mol. The lowest BCUT2D eigenvalue weighted by Crippen LogP contribution is -2.51. The minimum atomic E-state index is -0.294. The molecule has 3 amide bonds. The van der Waals surface area contributed by atoms with Gasteiger partial charge in [0.2, 0.25) is 5.91 Å². The zero-order valence-electron chi connectivity index (χ0n) is 9.56. The Bertz CT molecular complexity index is 447. The molecule has 0 spiro atoms. The summed E-state index contributed by atoms with van der Waals surface area (Å²) in [5.41, 5.74) is 1.02. The van der Waals surface area contributed by atoms with Crippen molar-refractivity contribution in [3.63, 3.8) is 0 Å². The number of nitrogens with zero attached hydrogens (tertiary/aromatic N) is 2. The molecule has 90 valence electrons. The molecule has 0 aliphatic carbocycles. The van der Waals surface area contributed by atoms with Gasteiger partial charge in [0.15, 0.2) is 0 Å². The summed E-state index contributed by atoms with van der Waals surface area (Å²) in [4.78, 5) is 28.5. The number of rotatable bonds is 1. The second kappa shape index (κ2) is 4.82. The number of hydrogen-bond donors (Lipinski definition) is 2. The van der Waals surface area contributed by atoms with Gasteiger partial charge >= 0.3 is 6.03 Å². The van der Waals surface area contributed by atoms with Crippen LogP contribution < -0.4 is 10.6 Å². The number of amides is 3. The van der Waals surface area contributed by atoms with E-state index in [0.29, 0.717) is 18.9 Å². The van der Waals surface area contributed by atoms with Crippen molar-refractivity contribution >= 4 is 17.8 Å². The third-order valence-electron chi connectivity index (χ3n) is 2.48. The van der Waals surface area contributed by atoms with Crippen LogP contribution in [0.25, 0.3) is 0 Å². The van der Waals surface area contributed by atoms with Gasteiger partial charge in [-0.25, -0.2) is 9.78 Å². The molecule has 2 N–H and O–H groups in total. The van der Waals surface area contributed by atoms with Crippen LogP contribution in [0.3, 0.4) is 0 Å². The zero-order valence-corrected chi connectivity index (χ0v) is 9.56. The van der Waals surface area contributed by atoms with Crippen molar-refractivity contribution in [2.24, 2.45) is 0 Å². The monoisotopic (exact) mass is 234 g/mol. The first-order valence-electron chi connectivity index (χ1n) is 5.40. The van der Waals surface area contributed by atoms with E-state index >= 15 is 0 Å². The van der Waals surface area contributed by atoms with Gasteiger partial charge in [0, 0.05) is 19.3 Å². The molecule has 1 aliphatic heterocycles. The summed E-state index contributed by atoms with van der Waals surface area (Å²) in [5.74, 6) is 0.365. The number of piperazine rings is 1. The minimum Gasteiger partial charge on any atom is -0.353 e. The van der Waals surface area contributed by atoms with Crippen molar-refractivity contribution in [1.29, 1.82) is 0 Å². The van der Waals surface area contributed by atoms with Crippen LogP contribution in [0, 0.1) is 6.92 Å². The average Bonchev–Trinajstić information content (AvgIpc) is 2.29. The Morgan fingerprint density at radius 3 is 3.12 bits per heavy atom. The highest BCUT2D eigenvalue weighted by Gasteiger charge is 2.21. The van der Waals surface area contributed by atoms with E-state index in [-0.39, 0.29) is 18.5 Å². The van der Waals surface area contributed by atoms with Crippen molar-refractivity contribution in [3.8, 4) is 0 Å². The fraction of sp³-hybridized carbons (Fsp3) is 0.364. The predicted molar refractivity (Wildman–Crippen MR) is 62.6 cm³/mol. The Morgan fingerprint density at radius 2 is 2.41 bits per heavy atom. The summed E-state index contributed by atoms with van der Waals surface area (Å²) in [6.45, 7) is 3.03. The van der Waals surface area contributed by atoms with Crippen LogP contribution in [0.5, 0.6) is 0 Å². The van der Waals surface area contributed by atoms with Gasteiger partial charge in [-0.3, -0.25) is 10.1 Å². The second-order valence-corrected chi connectivity index (χ2v) is 3.92. The first-order valence-corrected chi connectivity index (χ1v) is 5.40. The van der Waals surface area contributed by atoms with E-state index in [2.05, 4.69) is 15.6 Å². The van der Waals surface area contributed by atoms with Crippen molar-refractivity contribution in [2.45, 2.75) is 6.92 Å². The first-order chi connectivity index (χ1) is 8.15. The molecule has 0 saturated carbocycles. The molecule has 2 rings (SSSR count). The molecule has 0 radical (unpaired) electrons. The molecule has 0 unspecified atom stereocenters. The van der Waals surface area contributed by atoms with Gasteiger partial charge in [0.05, 0.1) is 0 Å². The summed E-state index contributed by atoms with van der Waals surface area (Å²) in [6.07, 6.45) is 1.63. The van der Waals surface area contributed by atoms with Crippen LogP contribution in [0.1, 0.15) is 5.56 Å². The van der Waals surface area contributed by atoms with Crippen molar-refractivity contribution in [2.75, 3.05) is 25.0 Å². The smallest absolute Gasteiger partial charge is 0.323 e. The molecule has 17 heavy (non-hydrogen) atoms. The minimum absolute atomic E-state index is 0.0949. The summed E-state index contributed by atoms with van der Waals surface area (Å²) in [6, 6.07) is 3.34. The Kier molecular flexibility index (Phi) is 3.22. The summed E-state index contributed by atoms with van der Waals surface area (Å²) in [5, 5.41) is 5.33. The Hall–Kier alpha value is -2.11. The third-order valence-corrected chi connectivity index (χ3v) is 2.48. The van der Waals surface area contributed by atoms with E-state index in [1.807, 2.05) is 13.0 Å². The van der Waals surface area contributed by atoms with Crippen LogP contribution in [0.2, 0.25) is 0 Å². The fourth-order valence-electron chi connectivity index (χ4n) is 1.61. The van der Waals surface area contributed by atoms with Gasteiger partial charge < -0.3 is 10.2 Å². The summed E-state index contributed by atoms with van der Waals surface area (Å²) >= 11 is 0. The lowest BCUT2D eigenvalue weighted by molar-refractivity contribution is -0.123. The number of urea groups is 1. The number of pyridine rings is 1. The van der Waals surface area contributed by atoms with Crippen molar-refractivity contribution in [1.82, 2.24) is 15.2 Å². The molecular weight excluding hydrogens is 220 g/mol. The van der Waals surface area contributed by atoms with E-state index in [4.69, 9.17) is 0 Å². The molecule has 0 atom stereocenters. The number of carbonyl (C=O) groups excluding carboxylic acids is 2. The molecular formula is C11H14N4O2. The van der Waals surface area contributed by atoms with Crippen molar-refractivity contribution in [3.05, 3.63) is 23.9 Å². The van der Waals surface area contributed by atoms with Gasteiger partial charge in [-0.1, -0.05) is 0 Å². The number of aromatic nitrogens is 1. The largest absolute Gasteiger partial charge is 0.353 e. The van der Waals surface area contributed by atoms with E-state index in [1.165, 1.54) is 4.90 Å². The zero-order chi connectivity index (χ0) is 12.3. The lowest BCUT2D eigenvalue weighted by atomic mass is 10.3. The Morgan fingerprint density at radius 1 is 1.59 bits per heavy atom. The molecule has 0 bridgehead atoms. The Balaban J connectivity index is 1.99. The molecule has 6 heteroatoms. The van der Waals surface area contributed by atoms with E-state index < -0.39 is 0 Å². The first kappa shape index (κ1) is 11.4. The van der Waals surface area contributed by atoms with Crippen LogP contribution in [0.15, 0.2) is 18.3 Å². The molecule has 1 aliphatic rings.